The molecule has 0 aliphatic carbocycles. The topological polar surface area (TPSA) is 25.3 Å². The summed E-state index contributed by atoms with van der Waals surface area (Å²) in [6.45, 7) is 21.6. The van der Waals surface area contributed by atoms with Gasteiger partial charge in [-0.2, -0.15) is 12.8 Å². The molecule has 0 saturated heterocycles. The van der Waals surface area contributed by atoms with E-state index in [4.69, 9.17) is 0 Å². The number of allylic oxidation sites excluding steroid dienone is 2. The van der Waals surface area contributed by atoms with Crippen LogP contribution < -0.4 is 0 Å². The van der Waals surface area contributed by atoms with Gasteiger partial charge in [0, 0.05) is 22.3 Å². The molecule has 0 saturated carbocycles. The van der Waals surface area contributed by atoms with Crippen molar-refractivity contribution in [2.45, 2.75) is 549 Å². The summed E-state index contributed by atoms with van der Waals surface area (Å²) in [5.41, 5.74) is 22.3. The van der Waals surface area contributed by atoms with E-state index in [1.165, 1.54) is 502 Å². The zero-order chi connectivity index (χ0) is 75.7. The molecule has 0 bridgehead atoms. The number of hydrogen-bond acceptors (Lipinski definition) is 0. The smallest absolute Gasteiger partial charge is 0.493 e. The maximum absolute atomic E-state index is 12.3. The van der Waals surface area contributed by atoms with Gasteiger partial charge in [-0.25, -0.2) is 4.70 Å². The van der Waals surface area contributed by atoms with Crippen LogP contribution in [0.5, 0.6) is 0 Å². The van der Waals surface area contributed by atoms with E-state index in [-0.39, 0.29) is 16.5 Å². The number of hydrogen-bond donors (Lipinski definition) is 0. The van der Waals surface area contributed by atoms with Crippen LogP contribution >= 0.6 is 0 Å². The van der Waals surface area contributed by atoms with Crippen LogP contribution in [0.2, 0.25) is 0 Å². The molecule has 106 heavy (non-hydrogen) atoms. The summed E-state index contributed by atoms with van der Waals surface area (Å²) in [4.78, 5) is 0. The molecule has 2 aromatic carbocycles. The molecule has 3 rings (SSSR count). The maximum atomic E-state index is 12.3. The monoisotopic (exact) mass is 1510 g/mol. The van der Waals surface area contributed by atoms with Gasteiger partial charge >= 0.3 is 16.5 Å². The van der Waals surface area contributed by atoms with Crippen LogP contribution in [-0.2, 0) is 29.3 Å². The van der Waals surface area contributed by atoms with Crippen LogP contribution in [0.15, 0.2) is 59.7 Å². The molecule has 2 nitrogen and oxygen atoms in total. The van der Waals surface area contributed by atoms with Crippen molar-refractivity contribution >= 4 is 11.4 Å². The first-order chi connectivity index (χ1) is 52.0. The van der Waals surface area contributed by atoms with Gasteiger partial charge in [0.15, 0.2) is 0 Å². The number of aryl methyl sites for hydroxylation is 2. The largest absolute Gasteiger partial charge is 2.00 e. The summed E-state index contributed by atoms with van der Waals surface area (Å²) < 4.78 is 1.62. The third kappa shape index (κ3) is 64.5. The fraction of sp³-hybridized carbons (Fsp3) is 0.825. The van der Waals surface area contributed by atoms with Crippen LogP contribution in [0.4, 0.5) is 0 Å². The Balaban J connectivity index is 0.00000185. The molecule has 2 aromatic rings. The minimum atomic E-state index is 0. The van der Waals surface area contributed by atoms with Crippen LogP contribution in [-0.4, -0.2) is 4.70 Å². The van der Waals surface area contributed by atoms with E-state index in [1.54, 1.807) is 4.70 Å². The molecule has 1 aliphatic heterocycles. The number of benzene rings is 2. The average molecular weight is 1510 g/mol. The van der Waals surface area contributed by atoms with E-state index in [0.717, 1.165) is 49.9 Å². The summed E-state index contributed by atoms with van der Waals surface area (Å²) in [5.74, 6) is 0. The van der Waals surface area contributed by atoms with Crippen molar-refractivity contribution in [2.75, 3.05) is 0 Å². The Morgan fingerprint density at radius 3 is 0.585 bits per heavy atom. The first-order valence-electron chi connectivity index (χ1n) is 48.7. The molecule has 0 radical (unpaired) electrons. The van der Waals surface area contributed by atoms with E-state index in [9.17, 15) is 5.53 Å². The molecular weight excluding hydrogens is 1320 g/mol. The SMILES string of the molecule is CCCCCCCCCCCCCCCCCCCCCc1cccc(C2=C(CCCCCCCC)C(CCCCC)=C(c3cccc(CCCCC)c3)[N+]2=[N-])c1.[CH2-]CCCCCCCCCCCCCCCCCCCCCCC.[CH2-]CCCCCCCCCCCCCCCCCCCCCCC.[Ni+2]. The van der Waals surface area contributed by atoms with Crippen LogP contribution in [0.3, 0.4) is 0 Å². The summed E-state index contributed by atoms with van der Waals surface area (Å²) in [6.07, 6.45) is 110. The van der Waals surface area contributed by atoms with E-state index in [1.807, 2.05) is 0 Å². The van der Waals surface area contributed by atoms with Gasteiger partial charge in [0.25, 0.3) is 0 Å². The van der Waals surface area contributed by atoms with Gasteiger partial charge < -0.3 is 19.4 Å². The molecular formula is C103H188N2Ni. The predicted molar refractivity (Wildman–Crippen MR) is 478 cm³/mol. The second kappa shape index (κ2) is 85.4. The quantitative estimate of drug-likeness (QED) is 0.0273. The van der Waals surface area contributed by atoms with Crippen LogP contribution in [0.1, 0.15) is 558 Å². The molecule has 1 aliphatic rings. The van der Waals surface area contributed by atoms with Gasteiger partial charge in [0.1, 0.15) is 0 Å². The zero-order valence-corrected chi connectivity index (χ0v) is 74.1. The van der Waals surface area contributed by atoms with E-state index < -0.39 is 0 Å². The summed E-state index contributed by atoms with van der Waals surface area (Å²) in [7, 11) is 0. The van der Waals surface area contributed by atoms with Crippen LogP contribution in [0, 0.1) is 13.8 Å². The molecule has 0 aromatic heterocycles. The number of unbranched alkanes of at least 4 members (excludes halogenated alkanes) is 69. The van der Waals surface area contributed by atoms with Crippen molar-refractivity contribution in [1.82, 2.24) is 0 Å². The van der Waals surface area contributed by atoms with Gasteiger partial charge in [0.2, 0.25) is 11.4 Å². The molecule has 0 spiro atoms. The molecule has 3 heteroatoms. The Bertz CT molecular complexity index is 2060. The molecule has 0 atom stereocenters. The maximum Gasteiger partial charge on any atom is 2.00 e. The van der Waals surface area contributed by atoms with Crippen molar-refractivity contribution in [1.29, 1.82) is 0 Å². The Kier molecular flexibility index (Phi) is 83.8. The Labute approximate surface area is 678 Å². The van der Waals surface area contributed by atoms with Crippen molar-refractivity contribution < 1.29 is 21.2 Å². The average Bonchev–Trinajstić information content (AvgIpc) is 1.61. The van der Waals surface area contributed by atoms with Gasteiger partial charge in [0.05, 0.1) is 0 Å². The van der Waals surface area contributed by atoms with Crippen molar-refractivity contribution in [3.8, 4) is 0 Å². The number of rotatable bonds is 79. The predicted octanol–water partition coefficient (Wildman–Crippen LogP) is 37.7. The standard InChI is InChI=1S/C55H90N2.2C24H49.Ni/c1-5-9-13-15-17-18-19-20-21-22-23-24-25-26-27-28-29-30-34-39-49-41-37-43-51(47-49)55-53(45-35-31-16-14-10-6-2)52(44-33-12-8-4)54(57(55)56)50-42-36-40-48(46-50)38-32-11-7-3;2*1-3-5-7-9-11-13-15-17-19-21-23-24-22-20-18-16-14-12-10-8-6-4-2;/h36-37,40-43,46-47H,5-35,38-39,44-45H2,1-4H3;2*1,3-24H2,2H3;/q;2*-1;+2. The summed E-state index contributed by atoms with van der Waals surface area (Å²) >= 11 is 0. The van der Waals surface area contributed by atoms with E-state index in [2.05, 4.69) is 104 Å². The third-order valence-corrected chi connectivity index (χ3v) is 23.4. The van der Waals surface area contributed by atoms with Crippen molar-refractivity contribution in [2.24, 2.45) is 0 Å². The fourth-order valence-electron chi connectivity index (χ4n) is 16.4. The molecule has 0 N–H and O–H groups in total. The van der Waals surface area contributed by atoms with Crippen molar-refractivity contribution in [3.63, 3.8) is 0 Å². The minimum Gasteiger partial charge on any atom is -0.493 e. The molecule has 620 valence electrons. The first kappa shape index (κ1) is 104. The normalized spacial score (nSPS) is 12.2. The summed E-state index contributed by atoms with van der Waals surface area (Å²) in [5, 5.41) is 0. The fourth-order valence-corrected chi connectivity index (χ4v) is 16.4. The van der Waals surface area contributed by atoms with Crippen molar-refractivity contribution in [3.05, 3.63) is 101 Å². The summed E-state index contributed by atoms with van der Waals surface area (Å²) in [6, 6.07) is 18.3. The van der Waals surface area contributed by atoms with Gasteiger partial charge in [-0.15, -0.1) is 0 Å². The molecule has 0 unspecified atom stereocenters. The first-order valence-corrected chi connectivity index (χ1v) is 48.7. The van der Waals surface area contributed by atoms with E-state index >= 15 is 0 Å². The molecule has 1 heterocycles. The zero-order valence-electron chi connectivity index (χ0n) is 73.1. The Morgan fingerprint density at radius 2 is 0.377 bits per heavy atom. The second-order valence-corrected chi connectivity index (χ2v) is 33.8. The molecule has 0 amide bonds. The Hall–Kier alpha value is -1.99. The van der Waals surface area contributed by atoms with Gasteiger partial charge in [-0.3, -0.25) is 0 Å². The van der Waals surface area contributed by atoms with Gasteiger partial charge in [-0.1, -0.05) is 509 Å². The second-order valence-electron chi connectivity index (χ2n) is 33.8. The van der Waals surface area contributed by atoms with Gasteiger partial charge in [-0.05, 0) is 86.8 Å². The van der Waals surface area contributed by atoms with Crippen LogP contribution in [0.25, 0.3) is 16.9 Å². The minimum absolute atomic E-state index is 0. The third-order valence-electron chi connectivity index (χ3n) is 23.4. The van der Waals surface area contributed by atoms with E-state index in [0.29, 0.717) is 0 Å². The Morgan fingerprint density at radius 1 is 0.217 bits per heavy atom. The number of nitrogens with zero attached hydrogens (tertiary/aromatic N) is 2. The molecule has 0 fully saturated rings.